The smallest absolute Gasteiger partial charge is 0.545 e. The predicted octanol–water partition coefficient (Wildman–Crippen LogP) is 4.00. The number of ether oxygens (including phenoxy) is 2. The third-order valence-electron chi connectivity index (χ3n) is 5.21. The average Bonchev–Trinajstić information content (AvgIpc) is 2.92. The van der Waals surface area contributed by atoms with Crippen molar-refractivity contribution in [2.45, 2.75) is 13.8 Å². The van der Waals surface area contributed by atoms with Gasteiger partial charge in [-0.2, -0.15) is 0 Å². The Morgan fingerprint density at radius 2 is 0.872 bits per heavy atom. The molecule has 0 unspecified atom stereocenters. The van der Waals surface area contributed by atoms with Gasteiger partial charge in [-0.1, -0.05) is 60.7 Å². The molecule has 0 aliphatic carbocycles. The molecule has 4 aromatic carbocycles. The number of carboxylic acid groups (broad SMARTS) is 2. The molecule has 0 radical (unpaired) electrons. The molecule has 196 valence electrons. The molecule has 0 aliphatic rings. The van der Waals surface area contributed by atoms with Gasteiger partial charge in [0.05, 0.1) is 36.5 Å². The number of aromatic carboxylic acids is 2. The first-order valence-corrected chi connectivity index (χ1v) is 12.0. The van der Waals surface area contributed by atoms with Crippen LogP contribution in [-0.2, 0) is 0 Å². The van der Waals surface area contributed by atoms with Crippen LogP contribution in [0.2, 0.25) is 0 Å². The van der Waals surface area contributed by atoms with E-state index in [1.54, 1.807) is 36.4 Å². The first-order chi connectivity index (χ1) is 18.4. The van der Waals surface area contributed by atoms with E-state index in [-0.39, 0.29) is 34.2 Å². The number of carbonyl (C=O) groups excluding carboxylic acids is 2. The van der Waals surface area contributed by atoms with Gasteiger partial charge < -0.3 is 39.9 Å². The van der Waals surface area contributed by atoms with Crippen molar-refractivity contribution in [2.24, 2.45) is 0 Å². The van der Waals surface area contributed by atoms with Gasteiger partial charge in [0.2, 0.25) is 0 Å². The molecule has 0 spiro atoms. The van der Waals surface area contributed by atoms with E-state index in [1.165, 1.54) is 12.1 Å². The first kappa shape index (κ1) is 31.0. The van der Waals surface area contributed by atoms with E-state index < -0.39 is 11.9 Å². The van der Waals surface area contributed by atoms with Crippen molar-refractivity contribution in [1.29, 1.82) is 0 Å². The minimum atomic E-state index is -1.21. The van der Waals surface area contributed by atoms with Gasteiger partial charge in [0.1, 0.15) is 11.5 Å². The van der Waals surface area contributed by atoms with Gasteiger partial charge in [0.15, 0.2) is 0 Å². The SMILES string of the molecule is CCOc1ccccc1Nc1ccccc1C(=O)[O-].CCOc1ccccc1Nc1ccccc1C(=O)[O-].[Mg+2]. The quantitative estimate of drug-likeness (QED) is 0.292. The molecule has 0 fully saturated rings. The van der Waals surface area contributed by atoms with Crippen molar-refractivity contribution in [3.63, 3.8) is 0 Å². The summed E-state index contributed by atoms with van der Waals surface area (Å²) in [4.78, 5) is 22.1. The molecule has 9 heteroatoms. The molecule has 8 nitrogen and oxygen atoms in total. The molecule has 0 aromatic heterocycles. The molecule has 0 aliphatic heterocycles. The largest absolute Gasteiger partial charge is 2.00 e. The maximum atomic E-state index is 11.0. The summed E-state index contributed by atoms with van der Waals surface area (Å²) in [5.74, 6) is -1.06. The van der Waals surface area contributed by atoms with Gasteiger partial charge in [0.25, 0.3) is 0 Å². The average molecular weight is 537 g/mol. The van der Waals surface area contributed by atoms with E-state index >= 15 is 0 Å². The van der Waals surface area contributed by atoms with Crippen LogP contribution < -0.4 is 30.3 Å². The number of hydrogen-bond donors (Lipinski definition) is 2. The molecule has 0 saturated carbocycles. The van der Waals surface area contributed by atoms with Gasteiger partial charge >= 0.3 is 23.1 Å². The summed E-state index contributed by atoms with van der Waals surface area (Å²) in [5.41, 5.74) is 2.64. The Balaban J connectivity index is 0.000000267. The molecule has 0 bridgehead atoms. The van der Waals surface area contributed by atoms with Crippen LogP contribution in [0.4, 0.5) is 22.7 Å². The maximum absolute atomic E-state index is 11.0. The molecule has 0 heterocycles. The Bertz CT molecular complexity index is 1270. The molecule has 4 rings (SSSR count). The van der Waals surface area contributed by atoms with Crippen LogP contribution >= 0.6 is 0 Å². The summed E-state index contributed by atoms with van der Waals surface area (Å²) in [7, 11) is 0. The summed E-state index contributed by atoms with van der Waals surface area (Å²) < 4.78 is 11.0. The van der Waals surface area contributed by atoms with E-state index in [1.807, 2.05) is 62.4 Å². The Labute approximate surface area is 243 Å². The summed E-state index contributed by atoms with van der Waals surface area (Å²) >= 11 is 0. The maximum Gasteiger partial charge on any atom is 2.00 e. The van der Waals surface area contributed by atoms with Crippen LogP contribution in [0.3, 0.4) is 0 Å². The van der Waals surface area contributed by atoms with Crippen LogP contribution in [0.15, 0.2) is 97.1 Å². The molecule has 0 atom stereocenters. The Morgan fingerprint density at radius 1 is 0.564 bits per heavy atom. The fourth-order valence-electron chi connectivity index (χ4n) is 3.53. The number of carboxylic acids is 2. The Hall–Kier alpha value is -4.21. The van der Waals surface area contributed by atoms with Crippen molar-refractivity contribution >= 4 is 57.7 Å². The minimum absolute atomic E-state index is 0. The second-order valence-electron chi connectivity index (χ2n) is 7.77. The van der Waals surface area contributed by atoms with Crippen LogP contribution in [0.1, 0.15) is 34.6 Å². The Morgan fingerprint density at radius 3 is 1.21 bits per heavy atom. The van der Waals surface area contributed by atoms with Crippen LogP contribution in [0.25, 0.3) is 0 Å². The minimum Gasteiger partial charge on any atom is -0.545 e. The second kappa shape index (κ2) is 15.9. The predicted molar refractivity (Wildman–Crippen MR) is 149 cm³/mol. The number of benzene rings is 4. The summed E-state index contributed by atoms with van der Waals surface area (Å²) in [6, 6.07) is 28.0. The zero-order chi connectivity index (χ0) is 27.3. The molecule has 39 heavy (non-hydrogen) atoms. The fourth-order valence-corrected chi connectivity index (χ4v) is 3.53. The summed E-state index contributed by atoms with van der Waals surface area (Å²) in [6.07, 6.45) is 0. The number of rotatable bonds is 10. The third-order valence-corrected chi connectivity index (χ3v) is 5.21. The summed E-state index contributed by atoms with van der Waals surface area (Å²) in [6.45, 7) is 4.87. The summed E-state index contributed by atoms with van der Waals surface area (Å²) in [5, 5.41) is 28.2. The molecule has 0 amide bonds. The van der Waals surface area contributed by atoms with Crippen molar-refractivity contribution in [3.8, 4) is 11.5 Å². The van der Waals surface area contributed by atoms with Crippen molar-refractivity contribution in [3.05, 3.63) is 108 Å². The molecule has 0 saturated heterocycles. The van der Waals surface area contributed by atoms with Crippen molar-refractivity contribution in [2.75, 3.05) is 23.8 Å². The topological polar surface area (TPSA) is 123 Å². The molecule has 2 N–H and O–H groups in total. The van der Waals surface area contributed by atoms with Crippen molar-refractivity contribution < 1.29 is 29.3 Å². The number of hydrogen-bond acceptors (Lipinski definition) is 8. The van der Waals surface area contributed by atoms with Gasteiger partial charge in [-0.25, -0.2) is 0 Å². The third kappa shape index (κ3) is 8.94. The normalized spacial score (nSPS) is 9.69. The van der Waals surface area contributed by atoms with Crippen LogP contribution in [0.5, 0.6) is 11.5 Å². The second-order valence-corrected chi connectivity index (χ2v) is 7.77. The van der Waals surface area contributed by atoms with Crippen LogP contribution in [0, 0.1) is 0 Å². The fraction of sp³-hybridized carbons (Fsp3) is 0.133. The number of anilines is 4. The van der Waals surface area contributed by atoms with Gasteiger partial charge in [-0.15, -0.1) is 0 Å². The van der Waals surface area contributed by atoms with E-state index in [0.29, 0.717) is 36.1 Å². The molecule has 4 aromatic rings. The van der Waals surface area contributed by atoms with Gasteiger partial charge in [-0.3, -0.25) is 0 Å². The van der Waals surface area contributed by atoms with Crippen molar-refractivity contribution in [1.82, 2.24) is 0 Å². The van der Waals surface area contributed by atoms with Gasteiger partial charge in [-0.05, 0) is 50.2 Å². The van der Waals surface area contributed by atoms with E-state index in [0.717, 1.165) is 11.4 Å². The Kier molecular flexibility index (Phi) is 12.6. The standard InChI is InChI=1S/2C15H15NO3.Mg/c2*1-2-19-14-10-6-5-9-13(14)16-12-8-4-3-7-11(12)15(17)18;/h2*3-10,16H,2H2,1H3,(H,17,18);/q;;+2/p-2. The first-order valence-electron chi connectivity index (χ1n) is 12.0. The molecular weight excluding hydrogens is 509 g/mol. The molecular formula is C30H28MgN2O6. The zero-order valence-corrected chi connectivity index (χ0v) is 23.2. The van der Waals surface area contributed by atoms with Crippen LogP contribution in [-0.4, -0.2) is 48.2 Å². The van der Waals surface area contributed by atoms with E-state index in [4.69, 9.17) is 9.47 Å². The monoisotopic (exact) mass is 536 g/mol. The number of para-hydroxylation sites is 6. The zero-order valence-electron chi connectivity index (χ0n) is 21.8. The number of carbonyl (C=O) groups is 2. The van der Waals surface area contributed by atoms with Gasteiger partial charge in [0, 0.05) is 22.5 Å². The van der Waals surface area contributed by atoms with E-state index in [9.17, 15) is 19.8 Å². The number of nitrogens with one attached hydrogen (secondary N) is 2. The van der Waals surface area contributed by atoms with E-state index in [2.05, 4.69) is 10.6 Å².